The van der Waals surface area contributed by atoms with Crippen LogP contribution >= 0.6 is 0 Å². The van der Waals surface area contributed by atoms with Crippen molar-refractivity contribution in [2.45, 2.75) is 6.42 Å². The molecule has 0 aliphatic rings. The third-order valence-electron chi connectivity index (χ3n) is 2.67. The molecule has 0 saturated heterocycles. The molecular weight excluding hydrogens is 216 g/mol. The van der Waals surface area contributed by atoms with Gasteiger partial charge in [-0.1, -0.05) is 18.2 Å². The predicted molar refractivity (Wildman–Crippen MR) is 65.6 cm³/mol. The Morgan fingerprint density at radius 2 is 1.53 bits per heavy atom. The molecule has 0 atom stereocenters. The van der Waals surface area contributed by atoms with Crippen molar-refractivity contribution in [1.29, 1.82) is 0 Å². The van der Waals surface area contributed by atoms with Gasteiger partial charge in [0.15, 0.2) is 0 Å². The fraction of sp³-hybridized carbons (Fsp3) is 0.143. The smallest absolute Gasteiger partial charge is 0.122 e. The molecule has 0 unspecified atom stereocenters. The normalized spacial score (nSPS) is 10.2. The Morgan fingerprint density at radius 3 is 2.06 bits per heavy atom. The van der Waals surface area contributed by atoms with E-state index in [0.29, 0.717) is 12.0 Å². The van der Waals surface area contributed by atoms with Crippen LogP contribution in [0.3, 0.4) is 0 Å². The zero-order chi connectivity index (χ0) is 12.3. The second kappa shape index (κ2) is 4.78. The van der Waals surface area contributed by atoms with Gasteiger partial charge in [0, 0.05) is 12.0 Å². The summed E-state index contributed by atoms with van der Waals surface area (Å²) in [4.78, 5) is 0. The fourth-order valence-electron chi connectivity index (χ4n) is 1.69. The summed E-state index contributed by atoms with van der Waals surface area (Å²) in [5.41, 5.74) is 1.54. The van der Waals surface area contributed by atoms with Crippen LogP contribution in [-0.2, 0) is 6.42 Å². The van der Waals surface area contributed by atoms with Gasteiger partial charge in [-0.2, -0.15) is 0 Å². The number of benzene rings is 2. The van der Waals surface area contributed by atoms with Crippen LogP contribution in [0.15, 0.2) is 42.5 Å². The van der Waals surface area contributed by atoms with Crippen LogP contribution in [-0.4, -0.2) is 17.3 Å². The molecule has 0 bridgehead atoms. The van der Waals surface area contributed by atoms with Gasteiger partial charge >= 0.3 is 0 Å². The van der Waals surface area contributed by atoms with E-state index in [0.717, 1.165) is 11.3 Å². The van der Waals surface area contributed by atoms with Crippen molar-refractivity contribution >= 4 is 0 Å². The molecule has 3 heteroatoms. The maximum atomic E-state index is 9.67. The van der Waals surface area contributed by atoms with Gasteiger partial charge in [-0.15, -0.1) is 0 Å². The monoisotopic (exact) mass is 230 g/mol. The molecule has 0 aliphatic carbocycles. The number of phenols is 2. The SMILES string of the molecule is COc1ccc(Cc2c(O)cccc2O)cc1. The fourth-order valence-corrected chi connectivity index (χ4v) is 1.69. The Hall–Kier alpha value is -2.16. The van der Waals surface area contributed by atoms with Crippen LogP contribution in [0.25, 0.3) is 0 Å². The lowest BCUT2D eigenvalue weighted by Gasteiger charge is -2.07. The lowest BCUT2D eigenvalue weighted by molar-refractivity contribution is 0.414. The van der Waals surface area contributed by atoms with Crippen molar-refractivity contribution in [3.8, 4) is 17.2 Å². The molecule has 17 heavy (non-hydrogen) atoms. The van der Waals surface area contributed by atoms with E-state index in [1.165, 1.54) is 0 Å². The highest BCUT2D eigenvalue weighted by Crippen LogP contribution is 2.29. The Labute approximate surface area is 99.9 Å². The van der Waals surface area contributed by atoms with E-state index in [1.807, 2.05) is 24.3 Å². The highest BCUT2D eigenvalue weighted by Gasteiger charge is 2.07. The quantitative estimate of drug-likeness (QED) is 0.852. The van der Waals surface area contributed by atoms with Gasteiger partial charge in [-0.3, -0.25) is 0 Å². The summed E-state index contributed by atoms with van der Waals surface area (Å²) in [6.07, 6.45) is 0.489. The van der Waals surface area contributed by atoms with Crippen LogP contribution in [0.2, 0.25) is 0 Å². The first kappa shape index (κ1) is 11.3. The summed E-state index contributed by atoms with van der Waals surface area (Å²) >= 11 is 0. The van der Waals surface area contributed by atoms with E-state index in [1.54, 1.807) is 25.3 Å². The molecule has 0 aromatic heterocycles. The first-order valence-corrected chi connectivity index (χ1v) is 5.33. The Bertz CT molecular complexity index is 483. The van der Waals surface area contributed by atoms with Gasteiger partial charge < -0.3 is 14.9 Å². The second-order valence-corrected chi connectivity index (χ2v) is 3.80. The largest absolute Gasteiger partial charge is 0.508 e. The van der Waals surface area contributed by atoms with Crippen LogP contribution in [0.4, 0.5) is 0 Å². The van der Waals surface area contributed by atoms with E-state index in [4.69, 9.17) is 4.74 Å². The number of hydrogen-bond acceptors (Lipinski definition) is 3. The number of rotatable bonds is 3. The third kappa shape index (κ3) is 2.50. The standard InChI is InChI=1S/C14H14O3/c1-17-11-7-5-10(6-8-11)9-12-13(15)3-2-4-14(12)16/h2-8,15-16H,9H2,1H3. The molecule has 88 valence electrons. The van der Waals surface area contributed by atoms with Crippen molar-refractivity contribution in [2.75, 3.05) is 7.11 Å². The van der Waals surface area contributed by atoms with E-state index in [9.17, 15) is 10.2 Å². The summed E-state index contributed by atoms with van der Waals surface area (Å²) in [6, 6.07) is 12.3. The van der Waals surface area contributed by atoms with Crippen molar-refractivity contribution in [1.82, 2.24) is 0 Å². The van der Waals surface area contributed by atoms with Gasteiger partial charge in [0.25, 0.3) is 0 Å². The molecule has 2 aromatic carbocycles. The van der Waals surface area contributed by atoms with Crippen LogP contribution in [0.5, 0.6) is 17.2 Å². The van der Waals surface area contributed by atoms with E-state index in [-0.39, 0.29) is 11.5 Å². The lowest BCUT2D eigenvalue weighted by Crippen LogP contribution is -1.90. The van der Waals surface area contributed by atoms with Crippen molar-refractivity contribution in [3.63, 3.8) is 0 Å². The van der Waals surface area contributed by atoms with Gasteiger partial charge in [-0.25, -0.2) is 0 Å². The summed E-state index contributed by atoms with van der Waals surface area (Å²) in [5.74, 6) is 1.01. The maximum Gasteiger partial charge on any atom is 0.122 e. The maximum absolute atomic E-state index is 9.67. The topological polar surface area (TPSA) is 49.7 Å². The predicted octanol–water partition coefficient (Wildman–Crippen LogP) is 2.70. The van der Waals surface area contributed by atoms with Crippen molar-refractivity contribution in [2.24, 2.45) is 0 Å². The summed E-state index contributed by atoms with van der Waals surface area (Å²) in [7, 11) is 1.61. The van der Waals surface area contributed by atoms with Crippen molar-refractivity contribution < 1.29 is 14.9 Å². The van der Waals surface area contributed by atoms with Crippen LogP contribution < -0.4 is 4.74 Å². The average molecular weight is 230 g/mol. The molecule has 2 aromatic rings. The number of aromatic hydroxyl groups is 2. The van der Waals surface area contributed by atoms with E-state index in [2.05, 4.69) is 0 Å². The molecule has 0 spiro atoms. The van der Waals surface area contributed by atoms with E-state index < -0.39 is 0 Å². The highest BCUT2D eigenvalue weighted by atomic mass is 16.5. The molecule has 0 amide bonds. The van der Waals surface area contributed by atoms with Gasteiger partial charge in [0.1, 0.15) is 17.2 Å². The molecule has 0 saturated carbocycles. The minimum absolute atomic E-state index is 0.112. The minimum Gasteiger partial charge on any atom is -0.508 e. The summed E-state index contributed by atoms with van der Waals surface area (Å²) < 4.78 is 5.07. The molecular formula is C14H14O3. The Morgan fingerprint density at radius 1 is 0.941 bits per heavy atom. The molecule has 2 N–H and O–H groups in total. The zero-order valence-corrected chi connectivity index (χ0v) is 9.55. The Kier molecular flexibility index (Phi) is 3.19. The first-order chi connectivity index (χ1) is 8.20. The average Bonchev–Trinajstić information content (AvgIpc) is 2.35. The van der Waals surface area contributed by atoms with Crippen LogP contribution in [0.1, 0.15) is 11.1 Å². The second-order valence-electron chi connectivity index (χ2n) is 3.80. The zero-order valence-electron chi connectivity index (χ0n) is 9.55. The molecule has 3 nitrogen and oxygen atoms in total. The number of phenolic OH excluding ortho intramolecular Hbond substituents is 2. The van der Waals surface area contributed by atoms with Gasteiger partial charge in [0.2, 0.25) is 0 Å². The first-order valence-electron chi connectivity index (χ1n) is 5.33. The number of ether oxygens (including phenoxy) is 1. The minimum atomic E-state index is 0.112. The molecule has 2 rings (SSSR count). The lowest BCUT2D eigenvalue weighted by atomic mass is 10.0. The van der Waals surface area contributed by atoms with Gasteiger partial charge in [0.05, 0.1) is 7.11 Å². The number of methoxy groups -OCH3 is 1. The van der Waals surface area contributed by atoms with Crippen molar-refractivity contribution in [3.05, 3.63) is 53.6 Å². The number of hydrogen-bond donors (Lipinski definition) is 2. The molecule has 0 heterocycles. The molecule has 0 aliphatic heterocycles. The summed E-state index contributed by atoms with van der Waals surface area (Å²) in [5, 5.41) is 19.3. The third-order valence-corrected chi connectivity index (χ3v) is 2.67. The molecule has 0 fully saturated rings. The Balaban J connectivity index is 2.25. The summed E-state index contributed by atoms with van der Waals surface area (Å²) in [6.45, 7) is 0. The highest BCUT2D eigenvalue weighted by molar-refractivity contribution is 5.46. The van der Waals surface area contributed by atoms with Gasteiger partial charge in [-0.05, 0) is 29.8 Å². The van der Waals surface area contributed by atoms with Crippen LogP contribution in [0, 0.1) is 0 Å². The molecule has 0 radical (unpaired) electrons. The van der Waals surface area contributed by atoms with E-state index >= 15 is 0 Å².